The number of likely N-dealkylation sites (tertiary alicyclic amines) is 1. The first-order chi connectivity index (χ1) is 15.8. The van der Waals surface area contributed by atoms with Gasteiger partial charge in [-0.15, -0.1) is 0 Å². The maximum Gasteiger partial charge on any atom is 0.223 e. The van der Waals surface area contributed by atoms with Gasteiger partial charge in [-0.3, -0.25) is 9.69 Å². The van der Waals surface area contributed by atoms with Crippen molar-refractivity contribution in [2.75, 3.05) is 19.6 Å². The molecule has 4 rings (SSSR count). The van der Waals surface area contributed by atoms with Gasteiger partial charge in [-0.1, -0.05) is 72.8 Å². The van der Waals surface area contributed by atoms with Crippen LogP contribution in [0.1, 0.15) is 29.5 Å². The second-order valence-corrected chi connectivity index (χ2v) is 8.50. The third kappa shape index (κ3) is 6.69. The van der Waals surface area contributed by atoms with Gasteiger partial charge in [0.15, 0.2) is 0 Å². The smallest absolute Gasteiger partial charge is 0.223 e. The highest BCUT2D eigenvalue weighted by Crippen LogP contribution is 2.21. The molecule has 1 saturated heterocycles. The molecule has 0 aromatic heterocycles. The van der Waals surface area contributed by atoms with E-state index in [0.29, 0.717) is 13.2 Å². The van der Waals surface area contributed by atoms with Crippen LogP contribution in [0.3, 0.4) is 0 Å². The van der Waals surface area contributed by atoms with E-state index < -0.39 is 0 Å². The van der Waals surface area contributed by atoms with Gasteiger partial charge in [-0.25, -0.2) is 0 Å². The van der Waals surface area contributed by atoms with Gasteiger partial charge < -0.3 is 10.1 Å². The summed E-state index contributed by atoms with van der Waals surface area (Å²) in [6, 6.07) is 28.9. The fourth-order valence-corrected chi connectivity index (χ4v) is 4.16. The van der Waals surface area contributed by atoms with Crippen LogP contribution in [-0.2, 0) is 24.4 Å². The Labute approximate surface area is 191 Å². The number of benzene rings is 3. The Morgan fingerprint density at radius 2 is 1.44 bits per heavy atom. The van der Waals surface area contributed by atoms with Gasteiger partial charge in [0.2, 0.25) is 5.91 Å². The molecule has 1 amide bonds. The number of amides is 1. The van der Waals surface area contributed by atoms with Crippen molar-refractivity contribution in [1.82, 2.24) is 10.2 Å². The molecule has 1 heterocycles. The van der Waals surface area contributed by atoms with Gasteiger partial charge in [-0.2, -0.15) is 0 Å². The zero-order chi connectivity index (χ0) is 22.0. The van der Waals surface area contributed by atoms with Crippen molar-refractivity contribution in [3.8, 4) is 5.75 Å². The van der Waals surface area contributed by atoms with Crippen LogP contribution in [0.25, 0.3) is 0 Å². The molecular weight excluding hydrogens is 396 g/mol. The van der Waals surface area contributed by atoms with Gasteiger partial charge in [0.05, 0.1) is 0 Å². The van der Waals surface area contributed by atoms with Gasteiger partial charge in [0.1, 0.15) is 12.4 Å². The first-order valence-electron chi connectivity index (χ1n) is 11.6. The number of rotatable bonds is 9. The van der Waals surface area contributed by atoms with E-state index in [4.69, 9.17) is 4.74 Å². The Bertz CT molecular complexity index is 950. The lowest BCUT2D eigenvalue weighted by atomic mass is 9.95. The minimum absolute atomic E-state index is 0.135. The highest BCUT2D eigenvalue weighted by Gasteiger charge is 2.24. The van der Waals surface area contributed by atoms with Crippen LogP contribution in [0.2, 0.25) is 0 Å². The molecule has 1 N–H and O–H groups in total. The lowest BCUT2D eigenvalue weighted by molar-refractivity contribution is -0.126. The normalized spacial score (nSPS) is 14.8. The first kappa shape index (κ1) is 22.1. The zero-order valence-electron chi connectivity index (χ0n) is 18.6. The van der Waals surface area contributed by atoms with E-state index in [1.54, 1.807) is 0 Å². The molecule has 166 valence electrons. The fraction of sp³-hybridized carbons (Fsp3) is 0.321. The standard InChI is InChI=1S/C28H32N2O2/c31-28(29-18-15-23-7-3-1-4-8-23)26-16-19-30(20-17-26)21-24-11-13-27(14-12-24)32-22-25-9-5-2-6-10-25/h1-14,26H,15-22H2,(H,29,31). The van der Waals surface area contributed by atoms with Gasteiger partial charge in [-0.05, 0) is 61.2 Å². The maximum absolute atomic E-state index is 12.5. The molecule has 3 aromatic rings. The Morgan fingerprint density at radius 3 is 2.09 bits per heavy atom. The number of nitrogens with one attached hydrogen (secondary N) is 1. The molecule has 0 spiro atoms. The predicted molar refractivity (Wildman–Crippen MR) is 128 cm³/mol. The van der Waals surface area contributed by atoms with Crippen LogP contribution in [0.4, 0.5) is 0 Å². The number of carbonyl (C=O) groups is 1. The Balaban J connectivity index is 1.15. The molecule has 3 aromatic carbocycles. The lowest BCUT2D eigenvalue weighted by Crippen LogP contribution is -2.40. The third-order valence-electron chi connectivity index (χ3n) is 6.09. The molecule has 0 bridgehead atoms. The number of hydrogen-bond donors (Lipinski definition) is 1. The summed E-state index contributed by atoms with van der Waals surface area (Å²) in [4.78, 5) is 14.9. The number of ether oxygens (including phenoxy) is 1. The van der Waals surface area contributed by atoms with Crippen LogP contribution < -0.4 is 10.1 Å². The molecule has 1 aliphatic heterocycles. The van der Waals surface area contributed by atoms with E-state index >= 15 is 0 Å². The molecule has 0 aliphatic carbocycles. The van der Waals surface area contributed by atoms with Crippen LogP contribution in [0.15, 0.2) is 84.9 Å². The molecule has 0 saturated carbocycles. The van der Waals surface area contributed by atoms with Crippen molar-refractivity contribution in [2.45, 2.75) is 32.4 Å². The monoisotopic (exact) mass is 428 g/mol. The Kier molecular flexibility index (Phi) is 7.94. The second-order valence-electron chi connectivity index (χ2n) is 8.50. The maximum atomic E-state index is 12.5. The summed E-state index contributed by atoms with van der Waals surface area (Å²) in [5.41, 5.74) is 3.71. The van der Waals surface area contributed by atoms with Crippen molar-refractivity contribution >= 4 is 5.91 Å². The van der Waals surface area contributed by atoms with Crippen molar-refractivity contribution in [3.63, 3.8) is 0 Å². The summed E-state index contributed by atoms with van der Waals surface area (Å²) >= 11 is 0. The molecule has 0 atom stereocenters. The zero-order valence-corrected chi connectivity index (χ0v) is 18.6. The minimum Gasteiger partial charge on any atom is -0.489 e. The average molecular weight is 429 g/mol. The number of nitrogens with zero attached hydrogens (tertiary/aromatic N) is 1. The Morgan fingerprint density at radius 1 is 0.812 bits per heavy atom. The lowest BCUT2D eigenvalue weighted by Gasteiger charge is -2.31. The third-order valence-corrected chi connectivity index (χ3v) is 6.09. The quantitative estimate of drug-likeness (QED) is 0.530. The first-order valence-corrected chi connectivity index (χ1v) is 11.6. The van der Waals surface area contributed by atoms with Crippen LogP contribution >= 0.6 is 0 Å². The molecule has 1 fully saturated rings. The highest BCUT2D eigenvalue weighted by atomic mass is 16.5. The van der Waals surface area contributed by atoms with E-state index in [2.05, 4.69) is 46.6 Å². The van der Waals surface area contributed by atoms with Gasteiger partial charge >= 0.3 is 0 Å². The predicted octanol–water partition coefficient (Wildman–Crippen LogP) is 4.84. The summed E-state index contributed by atoms with van der Waals surface area (Å²) < 4.78 is 5.88. The molecule has 1 aliphatic rings. The second kappa shape index (κ2) is 11.5. The van der Waals surface area contributed by atoms with Gasteiger partial charge in [0.25, 0.3) is 0 Å². The van der Waals surface area contributed by atoms with Crippen molar-refractivity contribution in [2.24, 2.45) is 5.92 Å². The summed E-state index contributed by atoms with van der Waals surface area (Å²) in [7, 11) is 0. The van der Waals surface area contributed by atoms with Crippen molar-refractivity contribution < 1.29 is 9.53 Å². The van der Waals surface area contributed by atoms with Crippen molar-refractivity contribution in [3.05, 3.63) is 102 Å². The number of piperidine rings is 1. The molecule has 4 heteroatoms. The van der Waals surface area contributed by atoms with E-state index in [1.165, 1.54) is 16.7 Å². The molecule has 4 nitrogen and oxygen atoms in total. The van der Waals surface area contributed by atoms with E-state index in [1.807, 2.05) is 48.5 Å². The summed E-state index contributed by atoms with van der Waals surface area (Å²) in [6.45, 7) is 4.14. The van der Waals surface area contributed by atoms with E-state index in [9.17, 15) is 4.79 Å². The average Bonchev–Trinajstić information content (AvgIpc) is 2.85. The van der Waals surface area contributed by atoms with Gasteiger partial charge in [0, 0.05) is 19.0 Å². The molecular formula is C28H32N2O2. The molecule has 0 radical (unpaired) electrons. The summed E-state index contributed by atoms with van der Waals surface area (Å²) in [5.74, 6) is 1.24. The fourth-order valence-electron chi connectivity index (χ4n) is 4.16. The summed E-state index contributed by atoms with van der Waals surface area (Å²) in [5, 5.41) is 3.12. The highest BCUT2D eigenvalue weighted by molar-refractivity contribution is 5.78. The van der Waals surface area contributed by atoms with Crippen LogP contribution in [0, 0.1) is 5.92 Å². The SMILES string of the molecule is O=C(NCCc1ccccc1)C1CCN(Cc2ccc(OCc3ccccc3)cc2)CC1. The van der Waals surface area contributed by atoms with Crippen LogP contribution in [0.5, 0.6) is 5.75 Å². The van der Waals surface area contributed by atoms with Crippen LogP contribution in [-0.4, -0.2) is 30.4 Å². The van der Waals surface area contributed by atoms with E-state index in [-0.39, 0.29) is 11.8 Å². The van der Waals surface area contributed by atoms with Crippen molar-refractivity contribution in [1.29, 1.82) is 0 Å². The summed E-state index contributed by atoms with van der Waals surface area (Å²) in [6.07, 6.45) is 2.74. The minimum atomic E-state index is 0.135. The molecule has 32 heavy (non-hydrogen) atoms. The molecule has 0 unspecified atom stereocenters. The Hall–Kier alpha value is -3.11. The number of hydrogen-bond acceptors (Lipinski definition) is 3. The van der Waals surface area contributed by atoms with E-state index in [0.717, 1.165) is 44.6 Å². The topological polar surface area (TPSA) is 41.6 Å². The largest absolute Gasteiger partial charge is 0.489 e. The number of carbonyl (C=O) groups excluding carboxylic acids is 1.